The summed E-state index contributed by atoms with van der Waals surface area (Å²) in [7, 11) is 0. The van der Waals surface area contributed by atoms with Crippen LogP contribution >= 0.6 is 0 Å². The van der Waals surface area contributed by atoms with Crippen molar-refractivity contribution in [3.63, 3.8) is 0 Å². The molecule has 1 aliphatic heterocycles. The highest BCUT2D eigenvalue weighted by molar-refractivity contribution is 5.75. The average Bonchev–Trinajstić information content (AvgIpc) is 2.47. The van der Waals surface area contributed by atoms with E-state index in [2.05, 4.69) is 17.4 Å². The molecule has 1 aromatic carbocycles. The van der Waals surface area contributed by atoms with Crippen molar-refractivity contribution in [3.8, 4) is 11.5 Å². The normalized spacial score (nSPS) is 13.1. The van der Waals surface area contributed by atoms with E-state index >= 15 is 0 Å². The van der Waals surface area contributed by atoms with Gasteiger partial charge in [0.15, 0.2) is 11.5 Å². The second kappa shape index (κ2) is 7.78. The smallest absolute Gasteiger partial charge is 0.219 e. The molecular weight excluding hydrogens is 254 g/mol. The first kappa shape index (κ1) is 14.7. The standard InChI is InChI=1S/C16H23NO3/c1-2-5-16(18)17-9-4-3-6-13-7-8-14-15(12-13)20-11-10-19-14/h7-8,12H,2-6,9-11H2,1H3,(H,17,18). The number of aryl methyl sites for hydroxylation is 1. The van der Waals surface area contributed by atoms with Crippen LogP contribution < -0.4 is 14.8 Å². The summed E-state index contributed by atoms with van der Waals surface area (Å²) in [6.45, 7) is 4.04. The molecule has 20 heavy (non-hydrogen) atoms. The minimum atomic E-state index is 0.159. The largest absolute Gasteiger partial charge is 0.486 e. The Hall–Kier alpha value is -1.71. The van der Waals surface area contributed by atoms with Crippen molar-refractivity contribution in [2.45, 2.75) is 39.0 Å². The maximum absolute atomic E-state index is 11.3. The Balaban J connectivity index is 1.68. The quantitative estimate of drug-likeness (QED) is 0.780. The zero-order valence-corrected chi connectivity index (χ0v) is 12.1. The Morgan fingerprint density at radius 1 is 1.20 bits per heavy atom. The average molecular weight is 277 g/mol. The van der Waals surface area contributed by atoms with E-state index < -0.39 is 0 Å². The lowest BCUT2D eigenvalue weighted by Gasteiger charge is -2.18. The number of hydrogen-bond acceptors (Lipinski definition) is 3. The van der Waals surface area contributed by atoms with E-state index in [9.17, 15) is 4.79 Å². The van der Waals surface area contributed by atoms with Crippen molar-refractivity contribution in [2.75, 3.05) is 19.8 Å². The number of rotatable bonds is 7. The number of unbranched alkanes of at least 4 members (excludes halogenated alkanes) is 1. The molecule has 2 rings (SSSR count). The highest BCUT2D eigenvalue weighted by atomic mass is 16.6. The van der Waals surface area contributed by atoms with Gasteiger partial charge in [-0.25, -0.2) is 0 Å². The van der Waals surface area contributed by atoms with Gasteiger partial charge in [0.2, 0.25) is 5.91 Å². The van der Waals surface area contributed by atoms with Crippen molar-refractivity contribution >= 4 is 5.91 Å². The van der Waals surface area contributed by atoms with E-state index in [1.54, 1.807) is 0 Å². The van der Waals surface area contributed by atoms with Crippen molar-refractivity contribution < 1.29 is 14.3 Å². The maximum atomic E-state index is 11.3. The number of benzene rings is 1. The van der Waals surface area contributed by atoms with Crippen LogP contribution in [0, 0.1) is 0 Å². The molecule has 0 aromatic heterocycles. The summed E-state index contributed by atoms with van der Waals surface area (Å²) < 4.78 is 11.1. The third-order valence-corrected chi connectivity index (χ3v) is 3.30. The Morgan fingerprint density at radius 2 is 2.00 bits per heavy atom. The van der Waals surface area contributed by atoms with E-state index in [-0.39, 0.29) is 5.91 Å². The van der Waals surface area contributed by atoms with E-state index in [1.165, 1.54) is 5.56 Å². The molecule has 0 aliphatic carbocycles. The SMILES string of the molecule is CCCC(=O)NCCCCc1ccc2c(c1)OCCO2. The number of carbonyl (C=O) groups excluding carboxylic acids is 1. The first-order valence-corrected chi connectivity index (χ1v) is 7.45. The molecule has 1 amide bonds. The van der Waals surface area contributed by atoms with Crippen LogP contribution in [0.1, 0.15) is 38.2 Å². The van der Waals surface area contributed by atoms with Gasteiger partial charge in [0.05, 0.1) is 0 Å². The van der Waals surface area contributed by atoms with Crippen LogP contribution in [0.5, 0.6) is 11.5 Å². The van der Waals surface area contributed by atoms with E-state index in [0.29, 0.717) is 19.6 Å². The van der Waals surface area contributed by atoms with Crippen LogP contribution in [0.25, 0.3) is 0 Å². The number of ether oxygens (including phenoxy) is 2. The summed E-state index contributed by atoms with van der Waals surface area (Å²) in [5, 5.41) is 2.94. The summed E-state index contributed by atoms with van der Waals surface area (Å²) in [6, 6.07) is 6.13. The lowest BCUT2D eigenvalue weighted by atomic mass is 10.1. The van der Waals surface area contributed by atoms with E-state index in [1.807, 2.05) is 13.0 Å². The van der Waals surface area contributed by atoms with Gasteiger partial charge in [-0.2, -0.15) is 0 Å². The summed E-state index contributed by atoms with van der Waals surface area (Å²) in [5.41, 5.74) is 1.26. The molecule has 0 spiro atoms. The molecule has 0 fully saturated rings. The fourth-order valence-electron chi connectivity index (χ4n) is 2.24. The third kappa shape index (κ3) is 4.44. The molecule has 4 heteroatoms. The second-order valence-electron chi connectivity index (χ2n) is 5.04. The Kier molecular flexibility index (Phi) is 5.71. The van der Waals surface area contributed by atoms with Gasteiger partial charge < -0.3 is 14.8 Å². The zero-order chi connectivity index (χ0) is 14.2. The molecular formula is C16H23NO3. The molecule has 110 valence electrons. The Labute approximate surface area is 120 Å². The fourth-order valence-corrected chi connectivity index (χ4v) is 2.24. The van der Waals surface area contributed by atoms with Crippen LogP contribution in [-0.2, 0) is 11.2 Å². The van der Waals surface area contributed by atoms with Gasteiger partial charge in [0, 0.05) is 13.0 Å². The van der Waals surface area contributed by atoms with Crippen molar-refractivity contribution in [1.82, 2.24) is 5.32 Å². The minimum absolute atomic E-state index is 0.159. The van der Waals surface area contributed by atoms with Crippen LogP contribution in [0.4, 0.5) is 0 Å². The minimum Gasteiger partial charge on any atom is -0.486 e. The van der Waals surface area contributed by atoms with Crippen LogP contribution in [0.2, 0.25) is 0 Å². The second-order valence-corrected chi connectivity index (χ2v) is 5.04. The topological polar surface area (TPSA) is 47.6 Å². The van der Waals surface area contributed by atoms with Gasteiger partial charge in [-0.05, 0) is 43.4 Å². The molecule has 1 N–H and O–H groups in total. The number of hydrogen-bond donors (Lipinski definition) is 1. The molecule has 0 bridgehead atoms. The zero-order valence-electron chi connectivity index (χ0n) is 12.1. The van der Waals surface area contributed by atoms with Crippen LogP contribution in [-0.4, -0.2) is 25.7 Å². The molecule has 0 saturated heterocycles. The third-order valence-electron chi connectivity index (χ3n) is 3.30. The number of carbonyl (C=O) groups is 1. The Morgan fingerprint density at radius 3 is 2.80 bits per heavy atom. The summed E-state index contributed by atoms with van der Waals surface area (Å²) in [5.74, 6) is 1.85. The van der Waals surface area contributed by atoms with E-state index in [0.717, 1.165) is 43.7 Å². The van der Waals surface area contributed by atoms with Gasteiger partial charge in [0.25, 0.3) is 0 Å². The summed E-state index contributed by atoms with van der Waals surface area (Å²) in [4.78, 5) is 11.3. The van der Waals surface area contributed by atoms with Gasteiger partial charge in [0.1, 0.15) is 13.2 Å². The van der Waals surface area contributed by atoms with E-state index in [4.69, 9.17) is 9.47 Å². The molecule has 1 heterocycles. The lowest BCUT2D eigenvalue weighted by Crippen LogP contribution is -2.23. The monoisotopic (exact) mass is 277 g/mol. The van der Waals surface area contributed by atoms with Gasteiger partial charge >= 0.3 is 0 Å². The highest BCUT2D eigenvalue weighted by Crippen LogP contribution is 2.31. The predicted octanol–water partition coefficient (Wildman–Crippen LogP) is 2.70. The molecule has 0 radical (unpaired) electrons. The van der Waals surface area contributed by atoms with Crippen molar-refractivity contribution in [2.24, 2.45) is 0 Å². The van der Waals surface area contributed by atoms with Gasteiger partial charge in [-0.3, -0.25) is 4.79 Å². The van der Waals surface area contributed by atoms with Crippen LogP contribution in [0.15, 0.2) is 18.2 Å². The van der Waals surface area contributed by atoms with Gasteiger partial charge in [-0.1, -0.05) is 13.0 Å². The Bertz CT molecular complexity index is 445. The number of nitrogens with one attached hydrogen (secondary N) is 1. The number of fused-ring (bicyclic) bond motifs is 1. The van der Waals surface area contributed by atoms with Crippen LogP contribution in [0.3, 0.4) is 0 Å². The fraction of sp³-hybridized carbons (Fsp3) is 0.562. The molecule has 1 aliphatic rings. The molecule has 0 unspecified atom stereocenters. The first-order valence-electron chi connectivity index (χ1n) is 7.45. The predicted molar refractivity (Wildman–Crippen MR) is 78.3 cm³/mol. The first-order chi connectivity index (χ1) is 9.79. The summed E-state index contributed by atoms with van der Waals surface area (Å²) >= 11 is 0. The molecule has 0 saturated carbocycles. The highest BCUT2D eigenvalue weighted by Gasteiger charge is 2.11. The maximum Gasteiger partial charge on any atom is 0.219 e. The summed E-state index contributed by atoms with van der Waals surface area (Å²) in [6.07, 6.45) is 4.60. The lowest BCUT2D eigenvalue weighted by molar-refractivity contribution is -0.121. The van der Waals surface area contributed by atoms with Gasteiger partial charge in [-0.15, -0.1) is 0 Å². The number of amides is 1. The molecule has 0 atom stereocenters. The molecule has 1 aromatic rings. The molecule has 4 nitrogen and oxygen atoms in total. The van der Waals surface area contributed by atoms with Crippen molar-refractivity contribution in [3.05, 3.63) is 23.8 Å². The van der Waals surface area contributed by atoms with Crippen molar-refractivity contribution in [1.29, 1.82) is 0 Å².